The summed E-state index contributed by atoms with van der Waals surface area (Å²) in [5.74, 6) is 0. The van der Waals surface area contributed by atoms with Crippen LogP contribution in [-0.2, 0) is 10.0 Å². The molecule has 0 saturated carbocycles. The van der Waals surface area contributed by atoms with Crippen molar-refractivity contribution in [3.8, 4) is 0 Å². The summed E-state index contributed by atoms with van der Waals surface area (Å²) < 4.78 is 23.7. The van der Waals surface area contributed by atoms with Gasteiger partial charge in [0.2, 0.25) is 10.0 Å². The van der Waals surface area contributed by atoms with E-state index in [0.29, 0.717) is 24.5 Å². The molecule has 0 fully saturated rings. The van der Waals surface area contributed by atoms with Crippen molar-refractivity contribution in [3.63, 3.8) is 0 Å². The highest BCUT2D eigenvalue weighted by Crippen LogP contribution is 2.21. The maximum Gasteiger partial charge on any atom is 0.315 e. The van der Waals surface area contributed by atoms with Gasteiger partial charge in [-0.25, -0.2) is 17.5 Å². The Kier molecular flexibility index (Phi) is 7.12. The summed E-state index contributed by atoms with van der Waals surface area (Å²) in [6.45, 7) is 2.60. The normalized spacial score (nSPS) is 13.0. The SMILES string of the molecule is C[C@@H](NC(=O)NCCCN(C)S(C)(=O)=O)c1ccccc1Cl. The Labute approximate surface area is 136 Å². The first kappa shape index (κ1) is 18.7. The summed E-state index contributed by atoms with van der Waals surface area (Å²) in [6.07, 6.45) is 1.69. The van der Waals surface area contributed by atoms with E-state index in [1.54, 1.807) is 6.07 Å². The van der Waals surface area contributed by atoms with Gasteiger partial charge >= 0.3 is 6.03 Å². The van der Waals surface area contributed by atoms with Gasteiger partial charge in [-0.1, -0.05) is 29.8 Å². The first-order valence-corrected chi connectivity index (χ1v) is 9.14. The zero-order valence-corrected chi connectivity index (χ0v) is 14.5. The number of carbonyl (C=O) groups excluding carboxylic acids is 1. The molecule has 8 heteroatoms. The van der Waals surface area contributed by atoms with Crippen LogP contribution in [0.4, 0.5) is 4.79 Å². The van der Waals surface area contributed by atoms with Crippen molar-refractivity contribution < 1.29 is 13.2 Å². The monoisotopic (exact) mass is 347 g/mol. The molecule has 0 heterocycles. The van der Waals surface area contributed by atoms with Crippen LogP contribution >= 0.6 is 11.6 Å². The van der Waals surface area contributed by atoms with Gasteiger partial charge in [-0.15, -0.1) is 0 Å². The van der Waals surface area contributed by atoms with E-state index in [9.17, 15) is 13.2 Å². The lowest BCUT2D eigenvalue weighted by molar-refractivity contribution is 0.237. The number of amides is 2. The molecule has 0 bridgehead atoms. The van der Waals surface area contributed by atoms with E-state index in [4.69, 9.17) is 11.6 Å². The fraction of sp³-hybridized carbons (Fsp3) is 0.500. The van der Waals surface area contributed by atoms with E-state index < -0.39 is 10.0 Å². The van der Waals surface area contributed by atoms with Crippen molar-refractivity contribution in [3.05, 3.63) is 34.9 Å². The lowest BCUT2D eigenvalue weighted by Gasteiger charge is -2.17. The fourth-order valence-electron chi connectivity index (χ4n) is 1.82. The van der Waals surface area contributed by atoms with E-state index in [1.807, 2.05) is 25.1 Å². The van der Waals surface area contributed by atoms with Crippen LogP contribution in [0.25, 0.3) is 0 Å². The highest BCUT2D eigenvalue weighted by atomic mass is 35.5. The molecule has 6 nitrogen and oxygen atoms in total. The second kappa shape index (κ2) is 8.36. The fourth-order valence-corrected chi connectivity index (χ4v) is 2.58. The highest BCUT2D eigenvalue weighted by Gasteiger charge is 2.12. The minimum atomic E-state index is -3.17. The van der Waals surface area contributed by atoms with Gasteiger partial charge in [0.25, 0.3) is 0 Å². The summed E-state index contributed by atoms with van der Waals surface area (Å²) in [5, 5.41) is 6.09. The molecule has 2 N–H and O–H groups in total. The average molecular weight is 348 g/mol. The molecule has 0 aliphatic heterocycles. The van der Waals surface area contributed by atoms with Crippen LogP contribution in [0.15, 0.2) is 24.3 Å². The standard InChI is InChI=1S/C14H22ClN3O3S/c1-11(12-7-4-5-8-13(12)15)17-14(19)16-9-6-10-18(2)22(3,20)21/h4-5,7-8,11H,6,9-10H2,1-3H3,(H2,16,17,19)/t11-/m1/s1. The molecule has 22 heavy (non-hydrogen) atoms. The van der Waals surface area contributed by atoms with E-state index in [-0.39, 0.29) is 12.1 Å². The minimum absolute atomic E-state index is 0.215. The van der Waals surface area contributed by atoms with Crippen LogP contribution in [0.2, 0.25) is 5.02 Å². The highest BCUT2D eigenvalue weighted by molar-refractivity contribution is 7.88. The maximum atomic E-state index is 11.8. The molecular formula is C14H22ClN3O3S. The number of rotatable bonds is 7. The minimum Gasteiger partial charge on any atom is -0.338 e. The zero-order valence-electron chi connectivity index (χ0n) is 13.0. The van der Waals surface area contributed by atoms with Crippen LogP contribution in [0.1, 0.15) is 24.9 Å². The Bertz CT molecular complexity index is 607. The molecular weight excluding hydrogens is 326 g/mol. The number of urea groups is 1. The first-order valence-electron chi connectivity index (χ1n) is 6.92. The Hall–Kier alpha value is -1.31. The van der Waals surface area contributed by atoms with Gasteiger partial charge in [-0.3, -0.25) is 0 Å². The van der Waals surface area contributed by atoms with E-state index in [1.165, 1.54) is 11.4 Å². The average Bonchev–Trinajstić information content (AvgIpc) is 2.42. The Balaban J connectivity index is 2.34. The molecule has 124 valence electrons. The molecule has 0 aromatic heterocycles. The topological polar surface area (TPSA) is 78.5 Å². The smallest absolute Gasteiger partial charge is 0.315 e. The van der Waals surface area contributed by atoms with Crippen molar-refractivity contribution in [2.24, 2.45) is 0 Å². The summed E-state index contributed by atoms with van der Waals surface area (Å²) in [5.41, 5.74) is 0.844. The summed E-state index contributed by atoms with van der Waals surface area (Å²) in [7, 11) is -1.66. The molecule has 1 aromatic carbocycles. The predicted octanol–water partition coefficient (Wildman–Crippen LogP) is 1.98. The van der Waals surface area contributed by atoms with E-state index >= 15 is 0 Å². The molecule has 0 radical (unpaired) electrons. The molecule has 0 spiro atoms. The Morgan fingerprint density at radius 1 is 1.36 bits per heavy atom. The molecule has 0 aliphatic rings. The largest absolute Gasteiger partial charge is 0.338 e. The number of nitrogens with zero attached hydrogens (tertiary/aromatic N) is 1. The van der Waals surface area contributed by atoms with Gasteiger partial charge in [0.15, 0.2) is 0 Å². The van der Waals surface area contributed by atoms with Crippen molar-refractivity contribution >= 4 is 27.7 Å². The van der Waals surface area contributed by atoms with Crippen molar-refractivity contribution in [1.82, 2.24) is 14.9 Å². The van der Waals surface area contributed by atoms with Gasteiger partial charge < -0.3 is 10.6 Å². The van der Waals surface area contributed by atoms with Crippen LogP contribution in [-0.4, -0.2) is 45.1 Å². The maximum absolute atomic E-state index is 11.8. The number of hydrogen-bond acceptors (Lipinski definition) is 3. The van der Waals surface area contributed by atoms with Gasteiger partial charge in [0.1, 0.15) is 0 Å². The molecule has 1 rings (SSSR count). The molecule has 2 amide bonds. The zero-order chi connectivity index (χ0) is 16.8. The molecule has 0 saturated heterocycles. The van der Waals surface area contributed by atoms with Crippen molar-refractivity contribution in [1.29, 1.82) is 0 Å². The Morgan fingerprint density at radius 2 is 2.00 bits per heavy atom. The molecule has 0 aliphatic carbocycles. The molecule has 0 unspecified atom stereocenters. The lowest BCUT2D eigenvalue weighted by Crippen LogP contribution is -2.38. The lowest BCUT2D eigenvalue weighted by atomic mass is 10.1. The van der Waals surface area contributed by atoms with Crippen LogP contribution in [0, 0.1) is 0 Å². The summed E-state index contributed by atoms with van der Waals surface area (Å²) >= 11 is 6.07. The van der Waals surface area contributed by atoms with Crippen LogP contribution in [0.5, 0.6) is 0 Å². The number of halogens is 1. The summed E-state index contributed by atoms with van der Waals surface area (Å²) in [4.78, 5) is 11.8. The predicted molar refractivity (Wildman–Crippen MR) is 88.5 cm³/mol. The summed E-state index contributed by atoms with van der Waals surface area (Å²) in [6, 6.07) is 6.79. The second-order valence-corrected chi connectivity index (χ2v) is 7.58. The number of sulfonamides is 1. The number of nitrogens with one attached hydrogen (secondary N) is 2. The number of carbonyl (C=O) groups is 1. The molecule has 1 aromatic rings. The van der Waals surface area contributed by atoms with Gasteiger partial charge in [-0.05, 0) is 25.0 Å². The second-order valence-electron chi connectivity index (χ2n) is 5.08. The van der Waals surface area contributed by atoms with Gasteiger partial charge in [0.05, 0.1) is 12.3 Å². The number of benzene rings is 1. The van der Waals surface area contributed by atoms with Crippen LogP contribution < -0.4 is 10.6 Å². The quantitative estimate of drug-likeness (QED) is 0.740. The van der Waals surface area contributed by atoms with Crippen molar-refractivity contribution in [2.75, 3.05) is 26.4 Å². The van der Waals surface area contributed by atoms with Gasteiger partial charge in [0, 0.05) is 25.2 Å². The van der Waals surface area contributed by atoms with Gasteiger partial charge in [-0.2, -0.15) is 0 Å². The molecule has 1 atom stereocenters. The van der Waals surface area contributed by atoms with Crippen LogP contribution in [0.3, 0.4) is 0 Å². The third-order valence-corrected chi connectivity index (χ3v) is 4.88. The van der Waals surface area contributed by atoms with E-state index in [2.05, 4.69) is 10.6 Å². The third kappa shape index (κ3) is 6.21. The van der Waals surface area contributed by atoms with E-state index in [0.717, 1.165) is 11.8 Å². The Morgan fingerprint density at radius 3 is 2.59 bits per heavy atom. The van der Waals surface area contributed by atoms with Crippen molar-refractivity contribution in [2.45, 2.75) is 19.4 Å². The number of hydrogen-bond donors (Lipinski definition) is 2. The third-order valence-electron chi connectivity index (χ3n) is 3.22. The first-order chi connectivity index (χ1) is 10.2.